The lowest BCUT2D eigenvalue weighted by molar-refractivity contribution is -0.384. The number of nitro groups is 1. The van der Waals surface area contributed by atoms with Crippen molar-refractivity contribution in [2.24, 2.45) is 0 Å². The topological polar surface area (TPSA) is 79.8 Å². The van der Waals surface area contributed by atoms with Gasteiger partial charge in [0.25, 0.3) is 0 Å². The number of nitrogens with zero attached hydrogens (tertiary/aromatic N) is 6. The van der Waals surface area contributed by atoms with Crippen molar-refractivity contribution in [1.82, 2.24) is 19.3 Å². The Morgan fingerprint density at radius 3 is 2.72 bits per heavy atom. The van der Waals surface area contributed by atoms with Crippen LogP contribution in [0.4, 0.5) is 11.5 Å². The largest absolute Gasteiger partial charge is 0.348 e. The van der Waals surface area contributed by atoms with E-state index in [1.807, 2.05) is 39.9 Å². The highest BCUT2D eigenvalue weighted by molar-refractivity contribution is 5.57. The maximum Gasteiger partial charge on any atom is 0.311 e. The Kier molecular flexibility index (Phi) is 4.02. The summed E-state index contributed by atoms with van der Waals surface area (Å²) in [6.07, 6.45) is 5.64. The fourth-order valence-corrected chi connectivity index (χ4v) is 3.18. The molecule has 3 aromatic rings. The third-order valence-electron chi connectivity index (χ3n) is 4.43. The molecule has 0 aliphatic carbocycles. The van der Waals surface area contributed by atoms with Crippen LogP contribution in [0.3, 0.4) is 0 Å². The van der Waals surface area contributed by atoms with Crippen molar-refractivity contribution >= 4 is 17.2 Å². The predicted octanol–water partition coefficient (Wildman–Crippen LogP) is 1.96. The maximum absolute atomic E-state index is 11.2. The monoisotopic (exact) mass is 338 g/mol. The van der Waals surface area contributed by atoms with Crippen LogP contribution in [0.1, 0.15) is 5.69 Å². The lowest BCUT2D eigenvalue weighted by Gasteiger charge is -2.34. The molecule has 8 heteroatoms. The van der Waals surface area contributed by atoms with Crippen molar-refractivity contribution in [1.29, 1.82) is 0 Å². The van der Waals surface area contributed by atoms with Crippen LogP contribution in [0.15, 0.2) is 48.9 Å². The van der Waals surface area contributed by atoms with E-state index in [9.17, 15) is 10.1 Å². The van der Waals surface area contributed by atoms with Gasteiger partial charge in [0.1, 0.15) is 5.65 Å². The van der Waals surface area contributed by atoms with Crippen LogP contribution in [0, 0.1) is 10.1 Å². The van der Waals surface area contributed by atoms with E-state index in [2.05, 4.69) is 14.9 Å². The van der Waals surface area contributed by atoms with E-state index in [0.717, 1.165) is 31.0 Å². The number of rotatable bonds is 4. The number of hydrogen-bond acceptors (Lipinski definition) is 6. The van der Waals surface area contributed by atoms with Crippen molar-refractivity contribution in [3.63, 3.8) is 0 Å². The minimum absolute atomic E-state index is 0.0660. The molecule has 8 nitrogen and oxygen atoms in total. The van der Waals surface area contributed by atoms with Gasteiger partial charge in [-0.15, -0.1) is 0 Å². The Bertz CT molecular complexity index is 868. The summed E-state index contributed by atoms with van der Waals surface area (Å²) in [5, 5.41) is 11.2. The number of imidazole rings is 1. The second kappa shape index (κ2) is 6.48. The SMILES string of the molecule is O=[N+]([O-])c1cccnc1N1CCN(Cc2cn3ccccc3n2)CC1. The molecule has 1 aliphatic rings. The predicted molar refractivity (Wildman–Crippen MR) is 93.6 cm³/mol. The first-order chi connectivity index (χ1) is 12.2. The molecule has 1 aliphatic heterocycles. The van der Waals surface area contributed by atoms with Crippen molar-refractivity contribution in [2.45, 2.75) is 6.54 Å². The van der Waals surface area contributed by atoms with E-state index >= 15 is 0 Å². The molecule has 0 radical (unpaired) electrons. The molecule has 25 heavy (non-hydrogen) atoms. The molecule has 4 rings (SSSR count). The summed E-state index contributed by atoms with van der Waals surface area (Å²) < 4.78 is 2.02. The smallest absolute Gasteiger partial charge is 0.311 e. The van der Waals surface area contributed by atoms with Crippen LogP contribution in [0.25, 0.3) is 5.65 Å². The van der Waals surface area contributed by atoms with Gasteiger partial charge in [0.15, 0.2) is 0 Å². The van der Waals surface area contributed by atoms with Crippen LogP contribution in [0.2, 0.25) is 0 Å². The molecule has 1 saturated heterocycles. The Hall–Kier alpha value is -3.00. The summed E-state index contributed by atoms with van der Waals surface area (Å²) >= 11 is 0. The molecular weight excluding hydrogens is 320 g/mol. The molecule has 0 saturated carbocycles. The van der Waals surface area contributed by atoms with Gasteiger partial charge in [-0.1, -0.05) is 6.07 Å². The number of anilines is 1. The highest BCUT2D eigenvalue weighted by atomic mass is 16.6. The summed E-state index contributed by atoms with van der Waals surface area (Å²) in [6.45, 7) is 3.85. The molecule has 0 bridgehead atoms. The quantitative estimate of drug-likeness (QED) is 0.534. The van der Waals surface area contributed by atoms with E-state index in [0.29, 0.717) is 18.9 Å². The van der Waals surface area contributed by atoms with Gasteiger partial charge < -0.3 is 9.30 Å². The van der Waals surface area contributed by atoms with Gasteiger partial charge in [-0.2, -0.15) is 0 Å². The first-order valence-electron chi connectivity index (χ1n) is 8.20. The Morgan fingerprint density at radius 2 is 1.96 bits per heavy atom. The van der Waals surface area contributed by atoms with Crippen molar-refractivity contribution in [3.8, 4) is 0 Å². The van der Waals surface area contributed by atoms with Gasteiger partial charge in [0.05, 0.1) is 10.6 Å². The molecule has 0 atom stereocenters. The molecule has 0 unspecified atom stereocenters. The van der Waals surface area contributed by atoms with Gasteiger partial charge in [-0.3, -0.25) is 15.0 Å². The number of pyridine rings is 2. The van der Waals surface area contributed by atoms with E-state index < -0.39 is 0 Å². The first kappa shape index (κ1) is 15.5. The Labute approximate surface area is 144 Å². The summed E-state index contributed by atoms with van der Waals surface area (Å²) in [6, 6.07) is 9.05. The van der Waals surface area contributed by atoms with Gasteiger partial charge in [-0.25, -0.2) is 9.97 Å². The highest BCUT2D eigenvalue weighted by Gasteiger charge is 2.24. The number of hydrogen-bond donors (Lipinski definition) is 0. The molecular formula is C17H18N6O2. The molecule has 0 N–H and O–H groups in total. The molecule has 0 spiro atoms. The summed E-state index contributed by atoms with van der Waals surface area (Å²) in [5.74, 6) is 0.458. The zero-order valence-electron chi connectivity index (χ0n) is 13.7. The van der Waals surface area contributed by atoms with Crippen molar-refractivity contribution < 1.29 is 4.92 Å². The van der Waals surface area contributed by atoms with E-state index in [1.54, 1.807) is 12.3 Å². The average Bonchev–Trinajstić information content (AvgIpc) is 3.04. The molecule has 1 fully saturated rings. The second-order valence-corrected chi connectivity index (χ2v) is 6.06. The number of aromatic nitrogens is 3. The van der Waals surface area contributed by atoms with Gasteiger partial charge >= 0.3 is 5.69 Å². The van der Waals surface area contributed by atoms with Crippen LogP contribution in [0.5, 0.6) is 0 Å². The maximum atomic E-state index is 11.2. The minimum atomic E-state index is -0.370. The number of fused-ring (bicyclic) bond motifs is 1. The fourth-order valence-electron chi connectivity index (χ4n) is 3.18. The zero-order valence-corrected chi connectivity index (χ0v) is 13.7. The molecule has 0 amide bonds. The molecule has 128 valence electrons. The van der Waals surface area contributed by atoms with E-state index in [1.165, 1.54) is 6.07 Å². The molecule has 4 heterocycles. The lowest BCUT2D eigenvalue weighted by atomic mass is 10.2. The average molecular weight is 338 g/mol. The van der Waals surface area contributed by atoms with Crippen LogP contribution in [-0.4, -0.2) is 50.4 Å². The Balaban J connectivity index is 1.42. The van der Waals surface area contributed by atoms with Crippen LogP contribution >= 0.6 is 0 Å². The molecule has 3 aromatic heterocycles. The van der Waals surface area contributed by atoms with Crippen molar-refractivity contribution in [3.05, 3.63) is 64.7 Å². The van der Waals surface area contributed by atoms with E-state index in [4.69, 9.17) is 0 Å². The van der Waals surface area contributed by atoms with Crippen LogP contribution in [-0.2, 0) is 6.54 Å². The summed E-state index contributed by atoms with van der Waals surface area (Å²) in [5.41, 5.74) is 2.04. The zero-order chi connectivity index (χ0) is 17.2. The summed E-state index contributed by atoms with van der Waals surface area (Å²) in [4.78, 5) is 23.9. The van der Waals surface area contributed by atoms with Gasteiger partial charge in [0.2, 0.25) is 5.82 Å². The third kappa shape index (κ3) is 3.16. The standard InChI is InChI=1S/C17H18N6O2/c24-23(25)15-4-3-6-18-17(15)21-10-8-20(9-11-21)12-14-13-22-7-2-1-5-16(22)19-14/h1-7,13H,8-12H2. The molecule has 0 aromatic carbocycles. The van der Waals surface area contributed by atoms with Gasteiger partial charge in [-0.05, 0) is 18.2 Å². The van der Waals surface area contributed by atoms with Gasteiger partial charge in [0, 0.05) is 57.4 Å². The summed E-state index contributed by atoms with van der Waals surface area (Å²) in [7, 11) is 0. The van der Waals surface area contributed by atoms with Crippen molar-refractivity contribution in [2.75, 3.05) is 31.1 Å². The first-order valence-corrected chi connectivity index (χ1v) is 8.20. The second-order valence-electron chi connectivity index (χ2n) is 6.06. The normalized spacial score (nSPS) is 15.6. The Morgan fingerprint density at radius 1 is 1.12 bits per heavy atom. The number of piperazine rings is 1. The fraction of sp³-hybridized carbons (Fsp3) is 0.294. The third-order valence-corrected chi connectivity index (χ3v) is 4.43. The lowest BCUT2D eigenvalue weighted by Crippen LogP contribution is -2.46. The highest BCUT2D eigenvalue weighted by Crippen LogP contribution is 2.25. The minimum Gasteiger partial charge on any atom is -0.348 e. The van der Waals surface area contributed by atoms with E-state index in [-0.39, 0.29) is 10.6 Å². The van der Waals surface area contributed by atoms with Crippen LogP contribution < -0.4 is 4.90 Å².